The van der Waals surface area contributed by atoms with E-state index in [9.17, 15) is 0 Å². The number of nitrogens with one attached hydrogen (secondary N) is 1. The maximum atomic E-state index is 3.85. The van der Waals surface area contributed by atoms with E-state index in [2.05, 4.69) is 26.1 Å². The van der Waals surface area contributed by atoms with Crippen molar-refractivity contribution >= 4 is 0 Å². The first-order valence-electron chi connectivity index (χ1n) is 6.54. The van der Waals surface area contributed by atoms with Crippen LogP contribution in [0.15, 0.2) is 0 Å². The Morgan fingerprint density at radius 3 is 2.57 bits per heavy atom. The van der Waals surface area contributed by atoms with Crippen LogP contribution < -0.4 is 5.32 Å². The molecule has 0 saturated heterocycles. The van der Waals surface area contributed by atoms with Crippen molar-refractivity contribution < 1.29 is 0 Å². The van der Waals surface area contributed by atoms with Gasteiger partial charge in [-0.15, -0.1) is 0 Å². The molecule has 1 N–H and O–H groups in total. The molecule has 0 aromatic heterocycles. The molecule has 1 aliphatic rings. The summed E-state index contributed by atoms with van der Waals surface area (Å²) in [5.41, 5.74) is 0. The Balaban J connectivity index is 2.24. The molecule has 1 saturated carbocycles. The third-order valence-corrected chi connectivity index (χ3v) is 3.71. The van der Waals surface area contributed by atoms with Crippen molar-refractivity contribution in [3.8, 4) is 0 Å². The van der Waals surface area contributed by atoms with Gasteiger partial charge in [0.1, 0.15) is 0 Å². The van der Waals surface area contributed by atoms with Crippen LogP contribution in [-0.2, 0) is 0 Å². The minimum Gasteiger partial charge on any atom is -0.311 e. The number of hydrogen-bond acceptors (Lipinski definition) is 1. The fourth-order valence-electron chi connectivity index (χ4n) is 2.55. The summed E-state index contributed by atoms with van der Waals surface area (Å²) in [4.78, 5) is 0. The van der Waals surface area contributed by atoms with Gasteiger partial charge in [-0.05, 0) is 31.6 Å². The van der Waals surface area contributed by atoms with E-state index >= 15 is 0 Å². The van der Waals surface area contributed by atoms with Crippen molar-refractivity contribution in [3.05, 3.63) is 0 Å². The normalized spacial score (nSPS) is 29.4. The van der Waals surface area contributed by atoms with Gasteiger partial charge in [-0.2, -0.15) is 0 Å². The van der Waals surface area contributed by atoms with Crippen molar-refractivity contribution in [1.29, 1.82) is 0 Å². The van der Waals surface area contributed by atoms with Gasteiger partial charge in [0.15, 0.2) is 0 Å². The molecule has 0 bridgehead atoms. The standard InChI is InChI=1S/C13H27N/c1-4-6-9-12(5-2)14-13-10-7-8-11(13)3/h11-14H,4-10H2,1-3H3. The average molecular weight is 197 g/mol. The van der Waals surface area contributed by atoms with Crippen LogP contribution in [0.4, 0.5) is 0 Å². The first kappa shape index (κ1) is 12.0. The van der Waals surface area contributed by atoms with Gasteiger partial charge in [0.05, 0.1) is 0 Å². The summed E-state index contributed by atoms with van der Waals surface area (Å²) < 4.78 is 0. The molecule has 0 spiro atoms. The number of hydrogen-bond donors (Lipinski definition) is 1. The molecule has 1 fully saturated rings. The Labute approximate surface area is 89.7 Å². The zero-order valence-electron chi connectivity index (χ0n) is 10.2. The SMILES string of the molecule is CCCCC(CC)NC1CCCC1C. The van der Waals surface area contributed by atoms with E-state index in [1.54, 1.807) is 0 Å². The third kappa shape index (κ3) is 3.61. The summed E-state index contributed by atoms with van der Waals surface area (Å²) in [6.07, 6.45) is 9.65. The summed E-state index contributed by atoms with van der Waals surface area (Å²) in [6, 6.07) is 1.59. The van der Waals surface area contributed by atoms with Crippen LogP contribution in [0.3, 0.4) is 0 Å². The number of rotatable bonds is 6. The van der Waals surface area contributed by atoms with Crippen LogP contribution in [0.2, 0.25) is 0 Å². The van der Waals surface area contributed by atoms with E-state index in [1.807, 2.05) is 0 Å². The van der Waals surface area contributed by atoms with Gasteiger partial charge in [0.2, 0.25) is 0 Å². The number of unbranched alkanes of at least 4 members (excludes halogenated alkanes) is 1. The smallest absolute Gasteiger partial charge is 0.00952 e. The largest absolute Gasteiger partial charge is 0.311 e. The zero-order valence-corrected chi connectivity index (χ0v) is 10.2. The molecular formula is C13H27N. The molecule has 1 aliphatic carbocycles. The maximum absolute atomic E-state index is 3.85. The summed E-state index contributed by atoms with van der Waals surface area (Å²) >= 11 is 0. The predicted octanol–water partition coefficient (Wildman–Crippen LogP) is 3.73. The Morgan fingerprint density at radius 1 is 1.29 bits per heavy atom. The van der Waals surface area contributed by atoms with E-state index in [0.29, 0.717) is 0 Å². The molecule has 0 heterocycles. The van der Waals surface area contributed by atoms with Crippen LogP contribution in [0, 0.1) is 5.92 Å². The van der Waals surface area contributed by atoms with Crippen molar-refractivity contribution in [3.63, 3.8) is 0 Å². The Hall–Kier alpha value is -0.0400. The second-order valence-electron chi connectivity index (χ2n) is 4.93. The van der Waals surface area contributed by atoms with Crippen LogP contribution in [0.1, 0.15) is 65.7 Å². The highest BCUT2D eigenvalue weighted by Crippen LogP contribution is 2.25. The lowest BCUT2D eigenvalue weighted by molar-refractivity contribution is 0.347. The van der Waals surface area contributed by atoms with Gasteiger partial charge >= 0.3 is 0 Å². The maximum Gasteiger partial charge on any atom is 0.00952 e. The minimum atomic E-state index is 0.778. The average Bonchev–Trinajstić information content (AvgIpc) is 2.59. The lowest BCUT2D eigenvalue weighted by Crippen LogP contribution is -2.39. The lowest BCUT2D eigenvalue weighted by atomic mass is 10.0. The van der Waals surface area contributed by atoms with E-state index in [0.717, 1.165) is 18.0 Å². The fraction of sp³-hybridized carbons (Fsp3) is 1.00. The van der Waals surface area contributed by atoms with E-state index in [1.165, 1.54) is 44.9 Å². The van der Waals surface area contributed by atoms with Crippen molar-refractivity contribution in [2.45, 2.75) is 77.8 Å². The predicted molar refractivity (Wildman–Crippen MR) is 63.5 cm³/mol. The Morgan fingerprint density at radius 2 is 2.07 bits per heavy atom. The van der Waals surface area contributed by atoms with E-state index in [4.69, 9.17) is 0 Å². The van der Waals surface area contributed by atoms with Gasteiger partial charge in [-0.1, -0.05) is 40.0 Å². The second-order valence-corrected chi connectivity index (χ2v) is 4.93. The molecule has 1 heteroatoms. The van der Waals surface area contributed by atoms with Gasteiger partial charge in [0.25, 0.3) is 0 Å². The zero-order chi connectivity index (χ0) is 10.4. The van der Waals surface area contributed by atoms with Crippen LogP contribution >= 0.6 is 0 Å². The topological polar surface area (TPSA) is 12.0 Å². The highest BCUT2D eigenvalue weighted by molar-refractivity contribution is 4.83. The Bertz CT molecular complexity index is 144. The molecule has 0 aromatic rings. The summed E-state index contributed by atoms with van der Waals surface area (Å²) in [5.74, 6) is 0.908. The van der Waals surface area contributed by atoms with Crippen molar-refractivity contribution in [2.24, 2.45) is 5.92 Å². The quantitative estimate of drug-likeness (QED) is 0.684. The molecule has 14 heavy (non-hydrogen) atoms. The molecule has 3 unspecified atom stereocenters. The monoisotopic (exact) mass is 197 g/mol. The highest BCUT2D eigenvalue weighted by atomic mass is 15.0. The third-order valence-electron chi connectivity index (χ3n) is 3.71. The lowest BCUT2D eigenvalue weighted by Gasteiger charge is -2.24. The molecular weight excluding hydrogens is 170 g/mol. The molecule has 0 radical (unpaired) electrons. The second kappa shape index (κ2) is 6.44. The van der Waals surface area contributed by atoms with Crippen molar-refractivity contribution in [2.75, 3.05) is 0 Å². The van der Waals surface area contributed by atoms with Gasteiger partial charge < -0.3 is 5.32 Å². The van der Waals surface area contributed by atoms with Crippen molar-refractivity contribution in [1.82, 2.24) is 5.32 Å². The van der Waals surface area contributed by atoms with Crippen LogP contribution in [-0.4, -0.2) is 12.1 Å². The molecule has 0 aliphatic heterocycles. The minimum absolute atomic E-state index is 0.778. The van der Waals surface area contributed by atoms with Gasteiger partial charge in [-0.25, -0.2) is 0 Å². The molecule has 0 aromatic carbocycles. The summed E-state index contributed by atoms with van der Waals surface area (Å²) in [7, 11) is 0. The van der Waals surface area contributed by atoms with Crippen LogP contribution in [0.5, 0.6) is 0 Å². The van der Waals surface area contributed by atoms with Crippen LogP contribution in [0.25, 0.3) is 0 Å². The highest BCUT2D eigenvalue weighted by Gasteiger charge is 2.24. The van der Waals surface area contributed by atoms with Gasteiger partial charge in [-0.3, -0.25) is 0 Å². The molecule has 3 atom stereocenters. The Kier molecular flexibility index (Phi) is 5.54. The van der Waals surface area contributed by atoms with E-state index in [-0.39, 0.29) is 0 Å². The molecule has 0 amide bonds. The first-order chi connectivity index (χ1) is 6.77. The van der Waals surface area contributed by atoms with E-state index < -0.39 is 0 Å². The molecule has 1 nitrogen and oxygen atoms in total. The molecule has 1 rings (SSSR count). The van der Waals surface area contributed by atoms with Gasteiger partial charge in [0, 0.05) is 12.1 Å². The first-order valence-corrected chi connectivity index (χ1v) is 6.54. The molecule has 84 valence electrons. The fourth-order valence-corrected chi connectivity index (χ4v) is 2.55. The summed E-state index contributed by atoms with van der Waals surface area (Å²) in [6.45, 7) is 7.00. The summed E-state index contributed by atoms with van der Waals surface area (Å²) in [5, 5.41) is 3.85.